The number of rotatable bonds is 11. The molecule has 1 N–H and O–H groups in total. The number of amides is 2. The summed E-state index contributed by atoms with van der Waals surface area (Å²) in [4.78, 5) is 28.0. The number of nitrogens with one attached hydrogen (secondary N) is 1. The molecule has 0 saturated carbocycles. The van der Waals surface area contributed by atoms with Crippen LogP contribution in [0.25, 0.3) is 0 Å². The molecule has 0 saturated heterocycles. The minimum absolute atomic E-state index is 0.0383. The minimum Gasteiger partial charge on any atom is -0.354 e. The first kappa shape index (κ1) is 29.1. The first-order valence-corrected chi connectivity index (χ1v) is 13.6. The largest absolute Gasteiger partial charge is 0.354 e. The average Bonchev–Trinajstić information content (AvgIpc) is 2.79. The third-order valence-electron chi connectivity index (χ3n) is 5.55. The van der Waals surface area contributed by atoms with Crippen molar-refractivity contribution in [3.05, 3.63) is 63.6 Å². The second-order valence-electron chi connectivity index (χ2n) is 8.86. The molecule has 35 heavy (non-hydrogen) atoms. The van der Waals surface area contributed by atoms with Crippen LogP contribution in [0.2, 0.25) is 10.0 Å². The number of halogens is 2. The van der Waals surface area contributed by atoms with Crippen LogP contribution in [-0.2, 0) is 26.2 Å². The van der Waals surface area contributed by atoms with Crippen LogP contribution in [0.4, 0.5) is 0 Å². The van der Waals surface area contributed by atoms with Gasteiger partial charge in [0.2, 0.25) is 21.8 Å². The van der Waals surface area contributed by atoms with E-state index in [0.29, 0.717) is 28.6 Å². The van der Waals surface area contributed by atoms with E-state index in [1.807, 2.05) is 20.8 Å². The summed E-state index contributed by atoms with van der Waals surface area (Å²) in [6, 6.07) is 10.6. The molecule has 7 nitrogen and oxygen atoms in total. The van der Waals surface area contributed by atoms with Crippen LogP contribution in [-0.4, -0.2) is 55.6 Å². The van der Waals surface area contributed by atoms with Gasteiger partial charge in [-0.1, -0.05) is 67.7 Å². The summed E-state index contributed by atoms with van der Waals surface area (Å²) >= 11 is 12.7. The molecule has 10 heteroatoms. The van der Waals surface area contributed by atoms with Gasteiger partial charge < -0.3 is 10.2 Å². The Bertz CT molecular complexity index is 1120. The number of nitrogens with zero attached hydrogens (tertiary/aromatic N) is 2. The maximum atomic E-state index is 13.5. The van der Waals surface area contributed by atoms with Crippen LogP contribution in [0.3, 0.4) is 0 Å². The van der Waals surface area contributed by atoms with Crippen molar-refractivity contribution in [1.82, 2.24) is 14.5 Å². The smallest absolute Gasteiger partial charge is 0.243 e. The Morgan fingerprint density at radius 2 is 1.60 bits per heavy atom. The van der Waals surface area contributed by atoms with Crippen molar-refractivity contribution in [3.8, 4) is 0 Å². The molecule has 0 aliphatic heterocycles. The van der Waals surface area contributed by atoms with Crippen molar-refractivity contribution >= 4 is 45.0 Å². The summed E-state index contributed by atoms with van der Waals surface area (Å²) in [6.07, 6.45) is 0.326. The van der Waals surface area contributed by atoms with Crippen LogP contribution in [0.15, 0.2) is 47.4 Å². The van der Waals surface area contributed by atoms with Crippen molar-refractivity contribution < 1.29 is 18.0 Å². The highest BCUT2D eigenvalue weighted by molar-refractivity contribution is 7.89. The number of hydrogen-bond donors (Lipinski definition) is 1. The number of sulfonamides is 1. The quantitative estimate of drug-likeness (QED) is 0.453. The number of carbonyl (C=O) groups is 2. The lowest BCUT2D eigenvalue weighted by Gasteiger charge is -2.32. The van der Waals surface area contributed by atoms with E-state index >= 15 is 0 Å². The minimum atomic E-state index is -3.91. The molecule has 0 spiro atoms. The van der Waals surface area contributed by atoms with Crippen molar-refractivity contribution in [2.24, 2.45) is 5.92 Å². The van der Waals surface area contributed by atoms with Crippen LogP contribution in [0, 0.1) is 12.8 Å². The molecular weight excluding hydrogens is 509 g/mol. The van der Waals surface area contributed by atoms with Gasteiger partial charge in [-0.05, 0) is 43.5 Å². The predicted octanol–water partition coefficient (Wildman–Crippen LogP) is 4.50. The lowest BCUT2D eigenvalue weighted by Crippen LogP contribution is -2.52. The fraction of sp³-hybridized carbons (Fsp3) is 0.440. The van der Waals surface area contributed by atoms with Gasteiger partial charge in [0.25, 0.3) is 0 Å². The van der Waals surface area contributed by atoms with Crippen LogP contribution < -0.4 is 5.32 Å². The lowest BCUT2D eigenvalue weighted by molar-refractivity contribution is -0.141. The molecule has 2 aromatic rings. The van der Waals surface area contributed by atoms with Gasteiger partial charge in [-0.15, -0.1) is 0 Å². The van der Waals surface area contributed by atoms with Gasteiger partial charge in [-0.3, -0.25) is 9.59 Å². The molecule has 0 heterocycles. The third kappa shape index (κ3) is 7.67. The Kier molecular flexibility index (Phi) is 10.6. The monoisotopic (exact) mass is 541 g/mol. The molecule has 0 fully saturated rings. The van der Waals surface area contributed by atoms with Gasteiger partial charge >= 0.3 is 0 Å². The molecule has 1 atom stereocenters. The van der Waals surface area contributed by atoms with E-state index in [4.69, 9.17) is 23.2 Å². The molecule has 1 unspecified atom stereocenters. The second kappa shape index (κ2) is 12.7. The van der Waals surface area contributed by atoms with E-state index in [1.54, 1.807) is 37.3 Å². The van der Waals surface area contributed by atoms with E-state index in [2.05, 4.69) is 5.32 Å². The summed E-state index contributed by atoms with van der Waals surface area (Å²) in [7, 11) is -2.57. The molecular formula is C25H33Cl2N3O4S. The van der Waals surface area contributed by atoms with Gasteiger partial charge in [0.05, 0.1) is 11.4 Å². The maximum absolute atomic E-state index is 13.5. The zero-order valence-electron chi connectivity index (χ0n) is 20.7. The predicted molar refractivity (Wildman–Crippen MR) is 140 cm³/mol. The fourth-order valence-electron chi connectivity index (χ4n) is 3.45. The number of hydrogen-bond acceptors (Lipinski definition) is 4. The maximum Gasteiger partial charge on any atom is 0.243 e. The van der Waals surface area contributed by atoms with E-state index < -0.39 is 28.5 Å². The van der Waals surface area contributed by atoms with Gasteiger partial charge in [-0.2, -0.15) is 4.31 Å². The SMILES string of the molecule is CCC(C(=O)NCC(C)C)N(Cc1c(Cl)cccc1Cl)C(=O)CN(C)S(=O)(=O)c1ccc(C)cc1. The Balaban J connectivity index is 2.37. The molecule has 2 aromatic carbocycles. The van der Waals surface area contributed by atoms with Crippen molar-refractivity contribution in [3.63, 3.8) is 0 Å². The lowest BCUT2D eigenvalue weighted by atomic mass is 10.1. The number of likely N-dealkylation sites (N-methyl/N-ethyl adjacent to an activating group) is 1. The summed E-state index contributed by atoms with van der Waals surface area (Å²) in [5.74, 6) is -0.628. The first-order chi connectivity index (χ1) is 16.4. The number of benzene rings is 2. The standard InChI is InChI=1S/C25H33Cl2N3O4S/c1-6-23(25(32)28-14-17(2)3)30(15-20-21(26)8-7-9-22(20)27)24(31)16-29(5)35(33,34)19-12-10-18(4)11-13-19/h7-13,17,23H,6,14-16H2,1-5H3,(H,28,32). The molecule has 0 bridgehead atoms. The highest BCUT2D eigenvalue weighted by Crippen LogP contribution is 2.27. The van der Waals surface area contributed by atoms with Crippen molar-refractivity contribution in [2.75, 3.05) is 20.1 Å². The van der Waals surface area contributed by atoms with E-state index in [1.165, 1.54) is 24.1 Å². The Morgan fingerprint density at radius 1 is 1.03 bits per heavy atom. The van der Waals surface area contributed by atoms with E-state index in [9.17, 15) is 18.0 Å². The first-order valence-electron chi connectivity index (χ1n) is 11.4. The molecule has 2 amide bonds. The van der Waals surface area contributed by atoms with Gasteiger partial charge in [-0.25, -0.2) is 8.42 Å². The molecule has 0 aromatic heterocycles. The summed E-state index contributed by atoms with van der Waals surface area (Å²) in [5.41, 5.74) is 1.41. The van der Waals surface area contributed by atoms with Gasteiger partial charge in [0.15, 0.2) is 0 Å². The molecule has 0 aliphatic rings. The molecule has 0 aliphatic carbocycles. The highest BCUT2D eigenvalue weighted by atomic mass is 35.5. The zero-order chi connectivity index (χ0) is 26.3. The average molecular weight is 543 g/mol. The molecule has 0 radical (unpaired) electrons. The number of carbonyl (C=O) groups excluding carboxylic acids is 2. The Hall–Kier alpha value is -2.13. The Morgan fingerprint density at radius 3 is 2.11 bits per heavy atom. The van der Waals surface area contributed by atoms with Crippen LogP contribution in [0.5, 0.6) is 0 Å². The summed E-state index contributed by atoms with van der Waals surface area (Å²) < 4.78 is 27.1. The third-order valence-corrected chi connectivity index (χ3v) is 8.07. The fourth-order valence-corrected chi connectivity index (χ4v) is 5.09. The van der Waals surface area contributed by atoms with Crippen molar-refractivity contribution in [2.45, 2.75) is 51.6 Å². The highest BCUT2D eigenvalue weighted by Gasteiger charge is 2.32. The van der Waals surface area contributed by atoms with Crippen molar-refractivity contribution in [1.29, 1.82) is 0 Å². The summed E-state index contributed by atoms with van der Waals surface area (Å²) in [6.45, 7) is 7.55. The van der Waals surface area contributed by atoms with E-state index in [-0.39, 0.29) is 23.3 Å². The molecule has 192 valence electrons. The Labute approximate surface area is 218 Å². The molecule has 2 rings (SSSR count). The van der Waals surface area contributed by atoms with E-state index in [0.717, 1.165) is 9.87 Å². The number of aryl methyl sites for hydroxylation is 1. The van der Waals surface area contributed by atoms with Gasteiger partial charge in [0, 0.05) is 35.7 Å². The second-order valence-corrected chi connectivity index (χ2v) is 11.7. The summed E-state index contributed by atoms with van der Waals surface area (Å²) in [5, 5.41) is 3.58. The van der Waals surface area contributed by atoms with Gasteiger partial charge in [0.1, 0.15) is 6.04 Å². The van der Waals surface area contributed by atoms with Crippen LogP contribution >= 0.6 is 23.2 Å². The van der Waals surface area contributed by atoms with Crippen LogP contribution in [0.1, 0.15) is 38.3 Å². The normalized spacial score (nSPS) is 12.6. The zero-order valence-corrected chi connectivity index (χ0v) is 23.0. The topological polar surface area (TPSA) is 86.8 Å².